The lowest BCUT2D eigenvalue weighted by Crippen LogP contribution is -2.44. The average molecular weight is 233 g/mol. The van der Waals surface area contributed by atoms with Gasteiger partial charge in [0.2, 0.25) is 5.91 Å². The van der Waals surface area contributed by atoms with Crippen molar-refractivity contribution >= 4 is 11.6 Å². The van der Waals surface area contributed by atoms with Crippen molar-refractivity contribution in [2.75, 3.05) is 5.32 Å². The van der Waals surface area contributed by atoms with Crippen LogP contribution in [0.5, 0.6) is 0 Å². The first-order valence-corrected chi connectivity index (χ1v) is 6.01. The summed E-state index contributed by atoms with van der Waals surface area (Å²) in [5, 5.41) is 2.91. The minimum atomic E-state index is -0.441. The minimum absolute atomic E-state index is 0.00917. The Morgan fingerprint density at radius 2 is 2.35 bits per heavy atom. The second-order valence-corrected chi connectivity index (χ2v) is 5.12. The van der Waals surface area contributed by atoms with E-state index in [0.717, 1.165) is 30.5 Å². The van der Waals surface area contributed by atoms with Gasteiger partial charge in [-0.25, -0.2) is 0 Å². The summed E-state index contributed by atoms with van der Waals surface area (Å²) in [5.41, 5.74) is 7.36. The Kier molecular flexibility index (Phi) is 3.15. The van der Waals surface area contributed by atoms with E-state index in [1.54, 1.807) is 12.4 Å². The number of rotatable bonds is 2. The Labute approximate surface area is 102 Å². The standard InChI is InChI=1S/C13H19N3O/c1-9-6-10(8-15-7-9)16-12(17)13(2)5-3-4-11(13)14/h6-8,11H,3-5,14H2,1-2H3,(H,16,17). The summed E-state index contributed by atoms with van der Waals surface area (Å²) in [6.45, 7) is 3.90. The van der Waals surface area contributed by atoms with Crippen LogP contribution < -0.4 is 11.1 Å². The molecule has 92 valence electrons. The number of hydrogen-bond donors (Lipinski definition) is 2. The van der Waals surface area contributed by atoms with Gasteiger partial charge in [-0.05, 0) is 38.3 Å². The Morgan fingerprint density at radius 3 is 2.94 bits per heavy atom. The van der Waals surface area contributed by atoms with Gasteiger partial charge in [-0.15, -0.1) is 0 Å². The summed E-state index contributed by atoms with van der Waals surface area (Å²) in [5.74, 6) is 0.00917. The summed E-state index contributed by atoms with van der Waals surface area (Å²) in [6, 6.07) is 1.87. The maximum absolute atomic E-state index is 12.2. The third kappa shape index (κ3) is 2.31. The number of nitrogens with two attached hydrogens (primary N) is 1. The quantitative estimate of drug-likeness (QED) is 0.819. The van der Waals surface area contributed by atoms with E-state index in [-0.39, 0.29) is 11.9 Å². The van der Waals surface area contributed by atoms with Gasteiger partial charge in [0.25, 0.3) is 0 Å². The largest absolute Gasteiger partial charge is 0.327 e. The van der Waals surface area contributed by atoms with E-state index in [0.29, 0.717) is 0 Å². The summed E-state index contributed by atoms with van der Waals surface area (Å²) < 4.78 is 0. The SMILES string of the molecule is Cc1cncc(NC(=O)C2(C)CCCC2N)c1. The van der Waals surface area contributed by atoms with Crippen molar-refractivity contribution in [1.29, 1.82) is 0 Å². The minimum Gasteiger partial charge on any atom is -0.327 e. The molecule has 1 aromatic rings. The topological polar surface area (TPSA) is 68.0 Å². The smallest absolute Gasteiger partial charge is 0.231 e. The molecule has 1 aromatic heterocycles. The van der Waals surface area contributed by atoms with Crippen LogP contribution in [0.1, 0.15) is 31.7 Å². The van der Waals surface area contributed by atoms with Crippen LogP contribution in [-0.4, -0.2) is 16.9 Å². The van der Waals surface area contributed by atoms with E-state index < -0.39 is 5.41 Å². The van der Waals surface area contributed by atoms with Gasteiger partial charge in [0.1, 0.15) is 0 Å². The maximum atomic E-state index is 12.2. The number of carbonyl (C=O) groups is 1. The molecule has 1 amide bonds. The average Bonchev–Trinajstić information content (AvgIpc) is 2.60. The fourth-order valence-electron chi connectivity index (χ4n) is 2.37. The zero-order chi connectivity index (χ0) is 12.5. The number of aryl methyl sites for hydroxylation is 1. The van der Waals surface area contributed by atoms with Gasteiger partial charge in [-0.3, -0.25) is 9.78 Å². The lowest BCUT2D eigenvalue weighted by atomic mass is 9.84. The van der Waals surface area contributed by atoms with E-state index in [2.05, 4.69) is 10.3 Å². The van der Waals surface area contributed by atoms with Crippen molar-refractivity contribution in [2.45, 2.75) is 39.2 Å². The zero-order valence-electron chi connectivity index (χ0n) is 10.4. The number of nitrogens with one attached hydrogen (secondary N) is 1. The molecular formula is C13H19N3O. The first kappa shape index (κ1) is 12.0. The van der Waals surface area contributed by atoms with Crippen LogP contribution in [0.3, 0.4) is 0 Å². The normalized spacial score (nSPS) is 28.1. The molecule has 1 aliphatic carbocycles. The fourth-order valence-corrected chi connectivity index (χ4v) is 2.37. The number of amides is 1. The van der Waals surface area contributed by atoms with Crippen molar-refractivity contribution < 1.29 is 4.79 Å². The summed E-state index contributed by atoms with van der Waals surface area (Å²) in [6.07, 6.45) is 6.24. The molecular weight excluding hydrogens is 214 g/mol. The fraction of sp³-hybridized carbons (Fsp3) is 0.538. The molecule has 1 fully saturated rings. The zero-order valence-corrected chi connectivity index (χ0v) is 10.4. The molecule has 0 spiro atoms. The van der Waals surface area contributed by atoms with E-state index in [4.69, 9.17) is 5.73 Å². The monoisotopic (exact) mass is 233 g/mol. The third-order valence-electron chi connectivity index (χ3n) is 3.68. The lowest BCUT2D eigenvalue weighted by Gasteiger charge is -2.27. The van der Waals surface area contributed by atoms with Crippen LogP contribution in [0, 0.1) is 12.3 Å². The van der Waals surface area contributed by atoms with Gasteiger partial charge in [-0.1, -0.05) is 6.42 Å². The third-order valence-corrected chi connectivity index (χ3v) is 3.68. The van der Waals surface area contributed by atoms with Crippen molar-refractivity contribution in [3.63, 3.8) is 0 Å². The Hall–Kier alpha value is -1.42. The van der Waals surface area contributed by atoms with E-state index in [1.165, 1.54) is 0 Å². The number of hydrogen-bond acceptors (Lipinski definition) is 3. The summed E-state index contributed by atoms with van der Waals surface area (Å²) >= 11 is 0. The van der Waals surface area contributed by atoms with Crippen molar-refractivity contribution in [2.24, 2.45) is 11.1 Å². The first-order valence-electron chi connectivity index (χ1n) is 6.01. The molecule has 4 heteroatoms. The molecule has 0 bridgehead atoms. The summed E-state index contributed by atoms with van der Waals surface area (Å²) in [7, 11) is 0. The van der Waals surface area contributed by atoms with Gasteiger partial charge in [-0.2, -0.15) is 0 Å². The molecule has 1 aliphatic rings. The molecule has 0 radical (unpaired) electrons. The predicted octanol–water partition coefficient (Wildman–Crippen LogP) is 1.85. The summed E-state index contributed by atoms with van der Waals surface area (Å²) in [4.78, 5) is 16.3. The molecule has 4 nitrogen and oxygen atoms in total. The van der Waals surface area contributed by atoms with Gasteiger partial charge in [0.05, 0.1) is 17.3 Å². The molecule has 0 aliphatic heterocycles. The Bertz CT molecular complexity index is 432. The molecule has 2 atom stereocenters. The molecule has 1 saturated carbocycles. The van der Waals surface area contributed by atoms with Crippen LogP contribution >= 0.6 is 0 Å². The van der Waals surface area contributed by atoms with Crippen LogP contribution in [0.15, 0.2) is 18.5 Å². The maximum Gasteiger partial charge on any atom is 0.231 e. The predicted molar refractivity (Wildman–Crippen MR) is 67.5 cm³/mol. The van der Waals surface area contributed by atoms with Crippen LogP contribution in [0.25, 0.3) is 0 Å². The number of nitrogens with zero attached hydrogens (tertiary/aromatic N) is 1. The lowest BCUT2D eigenvalue weighted by molar-refractivity contribution is -0.125. The molecule has 2 rings (SSSR count). The van der Waals surface area contributed by atoms with Gasteiger partial charge in [0, 0.05) is 12.2 Å². The molecule has 3 N–H and O–H groups in total. The molecule has 2 unspecified atom stereocenters. The highest BCUT2D eigenvalue weighted by atomic mass is 16.2. The van der Waals surface area contributed by atoms with Gasteiger partial charge < -0.3 is 11.1 Å². The number of aromatic nitrogens is 1. The van der Waals surface area contributed by atoms with Crippen molar-refractivity contribution in [3.05, 3.63) is 24.0 Å². The first-order chi connectivity index (χ1) is 8.02. The van der Waals surface area contributed by atoms with Crippen LogP contribution in [0.2, 0.25) is 0 Å². The molecule has 1 heterocycles. The van der Waals surface area contributed by atoms with Crippen LogP contribution in [-0.2, 0) is 4.79 Å². The van der Waals surface area contributed by atoms with Gasteiger partial charge >= 0.3 is 0 Å². The van der Waals surface area contributed by atoms with E-state index in [1.807, 2.05) is 19.9 Å². The second kappa shape index (κ2) is 4.45. The van der Waals surface area contributed by atoms with Crippen molar-refractivity contribution in [1.82, 2.24) is 4.98 Å². The van der Waals surface area contributed by atoms with E-state index >= 15 is 0 Å². The van der Waals surface area contributed by atoms with E-state index in [9.17, 15) is 4.79 Å². The highest BCUT2D eigenvalue weighted by Gasteiger charge is 2.42. The van der Waals surface area contributed by atoms with Crippen molar-refractivity contribution in [3.8, 4) is 0 Å². The van der Waals surface area contributed by atoms with Gasteiger partial charge in [0.15, 0.2) is 0 Å². The van der Waals surface area contributed by atoms with Crippen LogP contribution in [0.4, 0.5) is 5.69 Å². The molecule has 0 aromatic carbocycles. The Balaban J connectivity index is 2.12. The highest BCUT2D eigenvalue weighted by molar-refractivity contribution is 5.95. The Morgan fingerprint density at radius 1 is 1.59 bits per heavy atom. The molecule has 17 heavy (non-hydrogen) atoms. The number of pyridine rings is 1. The number of carbonyl (C=O) groups excluding carboxylic acids is 1. The number of anilines is 1. The second-order valence-electron chi connectivity index (χ2n) is 5.12. The highest BCUT2D eigenvalue weighted by Crippen LogP contribution is 2.37. The molecule has 0 saturated heterocycles.